The topological polar surface area (TPSA) is 21.3 Å². The SMILES string of the molecule is COc1cccc2c1NCC(CC1CCCCC1)C2. The Hall–Kier alpha value is -1.18. The molecule has 1 aromatic rings. The molecule has 1 aliphatic carbocycles. The van der Waals surface area contributed by atoms with Crippen molar-refractivity contribution in [2.75, 3.05) is 19.0 Å². The minimum Gasteiger partial charge on any atom is -0.495 e. The Morgan fingerprint density at radius 1 is 1.16 bits per heavy atom. The minimum absolute atomic E-state index is 0.808. The molecular weight excluding hydrogens is 234 g/mol. The zero-order valence-corrected chi connectivity index (χ0v) is 12.0. The highest BCUT2D eigenvalue weighted by Crippen LogP contribution is 2.37. The van der Waals surface area contributed by atoms with E-state index >= 15 is 0 Å². The van der Waals surface area contributed by atoms with Crippen molar-refractivity contribution < 1.29 is 4.74 Å². The van der Waals surface area contributed by atoms with E-state index in [1.54, 1.807) is 7.11 Å². The summed E-state index contributed by atoms with van der Waals surface area (Å²) < 4.78 is 5.44. The van der Waals surface area contributed by atoms with E-state index in [1.807, 2.05) is 6.07 Å². The van der Waals surface area contributed by atoms with Crippen LogP contribution in [0.5, 0.6) is 5.75 Å². The number of benzene rings is 1. The lowest BCUT2D eigenvalue weighted by atomic mass is 9.80. The average Bonchev–Trinajstić information content (AvgIpc) is 2.47. The van der Waals surface area contributed by atoms with Gasteiger partial charge in [0.25, 0.3) is 0 Å². The van der Waals surface area contributed by atoms with E-state index in [-0.39, 0.29) is 0 Å². The number of rotatable bonds is 3. The third-order valence-electron chi connectivity index (χ3n) is 4.80. The van der Waals surface area contributed by atoms with Crippen molar-refractivity contribution in [1.82, 2.24) is 0 Å². The molecule has 0 spiro atoms. The first-order valence-electron chi connectivity index (χ1n) is 7.76. The molecule has 0 radical (unpaired) electrons. The Morgan fingerprint density at radius 2 is 2.00 bits per heavy atom. The fourth-order valence-electron chi connectivity index (χ4n) is 3.81. The Labute approximate surface area is 116 Å². The molecule has 1 aliphatic heterocycles. The molecule has 1 fully saturated rings. The standard InChI is InChI=1S/C17H25NO/c1-19-16-9-5-8-15-11-14(12-18-17(15)16)10-13-6-3-2-4-7-13/h5,8-9,13-14,18H,2-4,6-7,10-12H2,1H3. The monoisotopic (exact) mass is 259 g/mol. The molecule has 0 aromatic heterocycles. The van der Waals surface area contributed by atoms with Gasteiger partial charge >= 0.3 is 0 Å². The minimum atomic E-state index is 0.808. The quantitative estimate of drug-likeness (QED) is 0.876. The third kappa shape index (κ3) is 2.88. The first-order chi connectivity index (χ1) is 9.36. The molecule has 3 rings (SSSR count). The van der Waals surface area contributed by atoms with E-state index in [0.717, 1.165) is 24.1 Å². The van der Waals surface area contributed by atoms with Crippen molar-refractivity contribution in [3.63, 3.8) is 0 Å². The third-order valence-corrected chi connectivity index (χ3v) is 4.80. The van der Waals surface area contributed by atoms with Gasteiger partial charge in [0.05, 0.1) is 12.8 Å². The van der Waals surface area contributed by atoms with Crippen molar-refractivity contribution in [2.24, 2.45) is 11.8 Å². The van der Waals surface area contributed by atoms with Gasteiger partial charge in [-0.15, -0.1) is 0 Å². The van der Waals surface area contributed by atoms with Crippen LogP contribution >= 0.6 is 0 Å². The van der Waals surface area contributed by atoms with Crippen molar-refractivity contribution in [3.8, 4) is 5.75 Å². The van der Waals surface area contributed by atoms with Gasteiger partial charge in [0.1, 0.15) is 5.75 Å². The summed E-state index contributed by atoms with van der Waals surface area (Å²) in [7, 11) is 1.76. The Balaban J connectivity index is 1.65. The normalized spacial score (nSPS) is 23.5. The molecule has 0 saturated heterocycles. The summed E-state index contributed by atoms with van der Waals surface area (Å²) in [6.45, 7) is 1.11. The van der Waals surface area contributed by atoms with Gasteiger partial charge in [0.15, 0.2) is 0 Å². The molecule has 1 atom stereocenters. The second-order valence-corrected chi connectivity index (χ2v) is 6.19. The van der Waals surface area contributed by atoms with Crippen LogP contribution in [0.1, 0.15) is 44.1 Å². The highest BCUT2D eigenvalue weighted by Gasteiger charge is 2.24. The molecule has 19 heavy (non-hydrogen) atoms. The van der Waals surface area contributed by atoms with Gasteiger partial charge in [-0.2, -0.15) is 0 Å². The predicted octanol–water partition coefficient (Wildman–Crippen LogP) is 4.25. The maximum Gasteiger partial charge on any atom is 0.142 e. The van der Waals surface area contributed by atoms with Gasteiger partial charge in [-0.1, -0.05) is 44.2 Å². The van der Waals surface area contributed by atoms with Crippen LogP contribution in [0.4, 0.5) is 5.69 Å². The number of hydrogen-bond acceptors (Lipinski definition) is 2. The maximum absolute atomic E-state index is 5.44. The summed E-state index contributed by atoms with van der Waals surface area (Å²) >= 11 is 0. The summed E-state index contributed by atoms with van der Waals surface area (Å²) in [6.07, 6.45) is 9.91. The lowest BCUT2D eigenvalue weighted by Crippen LogP contribution is -2.26. The fraction of sp³-hybridized carbons (Fsp3) is 0.647. The zero-order valence-electron chi connectivity index (χ0n) is 12.0. The Bertz CT molecular complexity index is 423. The van der Waals surface area contributed by atoms with Crippen LogP contribution in [0.3, 0.4) is 0 Å². The first kappa shape index (κ1) is 12.8. The van der Waals surface area contributed by atoms with Gasteiger partial charge < -0.3 is 10.1 Å². The molecule has 1 saturated carbocycles. The van der Waals surface area contributed by atoms with Gasteiger partial charge in [-0.05, 0) is 36.3 Å². The molecule has 1 unspecified atom stereocenters. The lowest BCUT2D eigenvalue weighted by Gasteiger charge is -2.31. The molecule has 1 N–H and O–H groups in total. The zero-order chi connectivity index (χ0) is 13.1. The van der Waals surface area contributed by atoms with Crippen LogP contribution in [-0.4, -0.2) is 13.7 Å². The number of fused-ring (bicyclic) bond motifs is 1. The maximum atomic E-state index is 5.44. The number of methoxy groups -OCH3 is 1. The second kappa shape index (κ2) is 5.85. The van der Waals surface area contributed by atoms with Crippen molar-refractivity contribution in [1.29, 1.82) is 0 Å². The molecule has 2 heteroatoms. The van der Waals surface area contributed by atoms with Crippen LogP contribution in [0, 0.1) is 11.8 Å². The first-order valence-corrected chi connectivity index (χ1v) is 7.76. The molecule has 104 valence electrons. The van der Waals surface area contributed by atoms with E-state index in [0.29, 0.717) is 0 Å². The molecular formula is C17H25NO. The summed E-state index contributed by atoms with van der Waals surface area (Å²) in [4.78, 5) is 0. The van der Waals surface area contributed by atoms with Crippen LogP contribution in [0.15, 0.2) is 18.2 Å². The number of para-hydroxylation sites is 1. The molecule has 1 heterocycles. The average molecular weight is 259 g/mol. The Morgan fingerprint density at radius 3 is 2.79 bits per heavy atom. The van der Waals surface area contributed by atoms with Crippen molar-refractivity contribution in [2.45, 2.75) is 44.9 Å². The smallest absolute Gasteiger partial charge is 0.142 e. The van der Waals surface area contributed by atoms with Crippen molar-refractivity contribution in [3.05, 3.63) is 23.8 Å². The molecule has 2 nitrogen and oxygen atoms in total. The van der Waals surface area contributed by atoms with Crippen LogP contribution in [-0.2, 0) is 6.42 Å². The molecule has 0 bridgehead atoms. The van der Waals surface area contributed by atoms with Gasteiger partial charge in [-0.25, -0.2) is 0 Å². The van der Waals surface area contributed by atoms with Gasteiger partial charge in [0, 0.05) is 6.54 Å². The fourth-order valence-corrected chi connectivity index (χ4v) is 3.81. The van der Waals surface area contributed by atoms with E-state index in [1.165, 1.54) is 56.2 Å². The van der Waals surface area contributed by atoms with Crippen LogP contribution in [0.25, 0.3) is 0 Å². The number of anilines is 1. The predicted molar refractivity (Wildman–Crippen MR) is 79.9 cm³/mol. The van der Waals surface area contributed by atoms with E-state index in [9.17, 15) is 0 Å². The van der Waals surface area contributed by atoms with Gasteiger partial charge in [0.2, 0.25) is 0 Å². The second-order valence-electron chi connectivity index (χ2n) is 6.19. The van der Waals surface area contributed by atoms with Crippen molar-refractivity contribution >= 4 is 5.69 Å². The van der Waals surface area contributed by atoms with Crippen LogP contribution in [0.2, 0.25) is 0 Å². The van der Waals surface area contributed by atoms with Crippen LogP contribution < -0.4 is 10.1 Å². The highest BCUT2D eigenvalue weighted by atomic mass is 16.5. The highest BCUT2D eigenvalue weighted by molar-refractivity contribution is 5.63. The number of hydrogen-bond donors (Lipinski definition) is 1. The van der Waals surface area contributed by atoms with E-state index in [4.69, 9.17) is 4.74 Å². The largest absolute Gasteiger partial charge is 0.495 e. The number of ether oxygens (including phenoxy) is 1. The summed E-state index contributed by atoms with van der Waals surface area (Å²) in [5, 5.41) is 3.60. The lowest BCUT2D eigenvalue weighted by molar-refractivity contribution is 0.289. The number of nitrogens with one attached hydrogen (secondary N) is 1. The van der Waals surface area contributed by atoms with Gasteiger partial charge in [-0.3, -0.25) is 0 Å². The summed E-state index contributed by atoms with van der Waals surface area (Å²) in [5.74, 6) is 2.78. The van der Waals surface area contributed by atoms with E-state index < -0.39 is 0 Å². The summed E-state index contributed by atoms with van der Waals surface area (Å²) in [6, 6.07) is 6.41. The summed E-state index contributed by atoms with van der Waals surface area (Å²) in [5.41, 5.74) is 2.66. The Kier molecular flexibility index (Phi) is 3.95. The van der Waals surface area contributed by atoms with E-state index in [2.05, 4.69) is 17.4 Å². The molecule has 2 aliphatic rings. The molecule has 0 amide bonds. The molecule has 1 aromatic carbocycles.